The lowest BCUT2D eigenvalue weighted by Crippen LogP contribution is -2.42. The highest BCUT2D eigenvalue weighted by Crippen LogP contribution is 2.30. The second-order valence-electron chi connectivity index (χ2n) is 7.58. The van der Waals surface area contributed by atoms with Crippen LogP contribution in [0.25, 0.3) is 0 Å². The van der Waals surface area contributed by atoms with E-state index >= 15 is 0 Å². The van der Waals surface area contributed by atoms with Crippen molar-refractivity contribution in [3.05, 3.63) is 18.2 Å². The van der Waals surface area contributed by atoms with Crippen LogP contribution in [-0.4, -0.2) is 77.0 Å². The third-order valence-electron chi connectivity index (χ3n) is 5.59. The minimum absolute atomic E-state index is 0.0474. The van der Waals surface area contributed by atoms with E-state index in [1.807, 2.05) is 0 Å². The fraction of sp³-hybridized carbons (Fsp3) is 0.667. The van der Waals surface area contributed by atoms with Gasteiger partial charge in [0.15, 0.2) is 11.5 Å². The van der Waals surface area contributed by atoms with Gasteiger partial charge in [-0.2, -0.15) is 4.31 Å². The Morgan fingerprint density at radius 2 is 1.97 bits per heavy atom. The maximum absolute atomic E-state index is 12.8. The van der Waals surface area contributed by atoms with E-state index in [4.69, 9.17) is 9.47 Å². The summed E-state index contributed by atoms with van der Waals surface area (Å²) in [4.78, 5) is 14.8. The molecule has 1 atom stereocenters. The first-order chi connectivity index (χ1) is 14.3. The van der Waals surface area contributed by atoms with E-state index < -0.39 is 10.0 Å². The Labute approximate surface area is 180 Å². The lowest BCUT2D eigenvalue weighted by Gasteiger charge is -2.35. The number of hydrogen-bond donors (Lipinski definition) is 1. The Hall–Kier alpha value is -1.84. The maximum atomic E-state index is 12.8. The molecule has 8 nitrogen and oxygen atoms in total. The molecule has 170 valence electrons. The predicted molar refractivity (Wildman–Crippen MR) is 116 cm³/mol. The van der Waals surface area contributed by atoms with Crippen molar-refractivity contribution in [2.24, 2.45) is 0 Å². The largest absolute Gasteiger partial charge is 0.493 e. The molecule has 30 heavy (non-hydrogen) atoms. The van der Waals surface area contributed by atoms with Crippen molar-refractivity contribution in [2.75, 3.05) is 47.4 Å². The third-order valence-corrected chi connectivity index (χ3v) is 7.39. The summed E-state index contributed by atoms with van der Waals surface area (Å²) in [5, 5.41) is 2.83. The molecule has 1 aromatic rings. The molecule has 9 heteroatoms. The first-order valence-corrected chi connectivity index (χ1v) is 12.0. The molecule has 1 aliphatic rings. The molecule has 1 aliphatic heterocycles. The number of amides is 1. The number of carbonyl (C=O) groups excluding carboxylic acids is 1. The van der Waals surface area contributed by atoms with Crippen molar-refractivity contribution in [3.8, 4) is 11.5 Å². The van der Waals surface area contributed by atoms with Gasteiger partial charge >= 0.3 is 0 Å². The second kappa shape index (κ2) is 11.5. The number of hydrogen-bond acceptors (Lipinski definition) is 6. The molecule has 2 rings (SSSR count). The molecule has 1 N–H and O–H groups in total. The molecule has 0 saturated carbocycles. The molecular weight excluding hydrogens is 406 g/mol. The molecule has 1 unspecified atom stereocenters. The van der Waals surface area contributed by atoms with Gasteiger partial charge in [-0.3, -0.25) is 4.79 Å². The first-order valence-electron chi connectivity index (χ1n) is 10.5. The van der Waals surface area contributed by atoms with Crippen LogP contribution < -0.4 is 14.8 Å². The lowest BCUT2D eigenvalue weighted by atomic mass is 10.00. The molecule has 0 radical (unpaired) electrons. The summed E-state index contributed by atoms with van der Waals surface area (Å²) in [5.74, 6) is 0.447. The normalized spacial score (nSPS) is 17.7. The number of likely N-dealkylation sites (tertiary alicyclic amines) is 1. The van der Waals surface area contributed by atoms with Crippen molar-refractivity contribution >= 4 is 15.9 Å². The fourth-order valence-electron chi connectivity index (χ4n) is 3.83. The van der Waals surface area contributed by atoms with E-state index in [-0.39, 0.29) is 17.3 Å². The Balaban J connectivity index is 1.84. The first kappa shape index (κ1) is 24.4. The van der Waals surface area contributed by atoms with Gasteiger partial charge in [0, 0.05) is 32.2 Å². The zero-order valence-corrected chi connectivity index (χ0v) is 19.3. The van der Waals surface area contributed by atoms with Gasteiger partial charge in [-0.25, -0.2) is 8.42 Å². The van der Waals surface area contributed by atoms with E-state index in [2.05, 4.69) is 17.1 Å². The zero-order chi connectivity index (χ0) is 22.1. The summed E-state index contributed by atoms with van der Waals surface area (Å²) < 4.78 is 36.9. The topological polar surface area (TPSA) is 88.2 Å². The lowest BCUT2D eigenvalue weighted by molar-refractivity contribution is -0.121. The number of ether oxygens (including phenoxy) is 2. The number of sulfonamides is 1. The van der Waals surface area contributed by atoms with Crippen LogP contribution in [0.4, 0.5) is 0 Å². The quantitative estimate of drug-likeness (QED) is 0.529. The zero-order valence-electron chi connectivity index (χ0n) is 18.5. The predicted octanol–water partition coefficient (Wildman–Crippen LogP) is 2.10. The van der Waals surface area contributed by atoms with Crippen LogP contribution in [0.1, 0.15) is 39.0 Å². The Morgan fingerprint density at radius 3 is 2.63 bits per heavy atom. The van der Waals surface area contributed by atoms with Gasteiger partial charge in [0.2, 0.25) is 15.9 Å². The highest BCUT2D eigenvalue weighted by Gasteiger charge is 2.24. The van der Waals surface area contributed by atoms with Crippen LogP contribution in [0.3, 0.4) is 0 Å². The molecule has 0 aliphatic carbocycles. The number of methoxy groups -OCH3 is 2. The van der Waals surface area contributed by atoms with Gasteiger partial charge in [0.1, 0.15) is 0 Å². The molecule has 0 bridgehead atoms. The minimum Gasteiger partial charge on any atom is -0.493 e. The van der Waals surface area contributed by atoms with Gasteiger partial charge in [0.25, 0.3) is 0 Å². The van der Waals surface area contributed by atoms with Gasteiger partial charge in [-0.1, -0.05) is 13.3 Å². The number of likely N-dealkylation sites (N-methyl/N-ethyl adjacent to an activating group) is 1. The average molecular weight is 442 g/mol. The summed E-state index contributed by atoms with van der Waals surface area (Å²) in [6.45, 7) is 4.60. The van der Waals surface area contributed by atoms with Crippen LogP contribution in [0.15, 0.2) is 23.1 Å². The fourth-order valence-corrected chi connectivity index (χ4v) is 4.97. The van der Waals surface area contributed by atoms with Gasteiger partial charge in [-0.15, -0.1) is 0 Å². The van der Waals surface area contributed by atoms with E-state index in [1.165, 1.54) is 58.7 Å². The Morgan fingerprint density at radius 1 is 1.23 bits per heavy atom. The van der Waals surface area contributed by atoms with Crippen molar-refractivity contribution in [1.82, 2.24) is 14.5 Å². The number of nitrogens with zero attached hydrogens (tertiary/aromatic N) is 2. The van der Waals surface area contributed by atoms with Crippen molar-refractivity contribution in [1.29, 1.82) is 0 Å². The molecule has 0 aromatic heterocycles. The van der Waals surface area contributed by atoms with Crippen LogP contribution in [0.2, 0.25) is 0 Å². The van der Waals surface area contributed by atoms with Crippen LogP contribution in [0, 0.1) is 0 Å². The summed E-state index contributed by atoms with van der Waals surface area (Å²) in [6.07, 6.45) is 5.80. The van der Waals surface area contributed by atoms with Gasteiger partial charge in [0.05, 0.1) is 25.7 Å². The van der Waals surface area contributed by atoms with E-state index in [1.54, 1.807) is 0 Å². The standard InChI is InChI=1S/C21H35N3O5S/c1-5-17-9-6-7-13-24(17)14-8-12-22-21(25)16-23(2)30(26,27)18-10-11-19(28-3)20(15-18)29-4/h10-11,15,17H,5-9,12-14,16H2,1-4H3,(H,22,25). The summed E-state index contributed by atoms with van der Waals surface area (Å²) >= 11 is 0. The van der Waals surface area contributed by atoms with Crippen LogP contribution in [-0.2, 0) is 14.8 Å². The molecule has 1 fully saturated rings. The summed E-state index contributed by atoms with van der Waals surface area (Å²) in [5.41, 5.74) is 0. The molecule has 1 heterocycles. The average Bonchev–Trinajstić information content (AvgIpc) is 2.76. The summed E-state index contributed by atoms with van der Waals surface area (Å²) in [6, 6.07) is 5.01. The SMILES string of the molecule is CCC1CCCCN1CCCNC(=O)CN(C)S(=O)(=O)c1ccc(OC)c(OC)c1. The van der Waals surface area contributed by atoms with Crippen molar-refractivity contribution < 1.29 is 22.7 Å². The molecule has 1 saturated heterocycles. The number of carbonyl (C=O) groups is 1. The smallest absolute Gasteiger partial charge is 0.243 e. The van der Waals surface area contributed by atoms with Gasteiger partial charge in [-0.05, 0) is 44.4 Å². The number of piperidine rings is 1. The van der Waals surface area contributed by atoms with E-state index in [0.717, 1.165) is 30.2 Å². The van der Waals surface area contributed by atoms with Crippen molar-refractivity contribution in [2.45, 2.75) is 50.0 Å². The van der Waals surface area contributed by atoms with Crippen LogP contribution in [0.5, 0.6) is 11.5 Å². The molecule has 1 amide bonds. The minimum atomic E-state index is -3.82. The Bertz CT molecular complexity index is 800. The highest BCUT2D eigenvalue weighted by atomic mass is 32.2. The summed E-state index contributed by atoms with van der Waals surface area (Å²) in [7, 11) is 0.498. The number of nitrogens with one attached hydrogen (secondary N) is 1. The number of rotatable bonds is 11. The van der Waals surface area contributed by atoms with Crippen molar-refractivity contribution in [3.63, 3.8) is 0 Å². The Kier molecular flexibility index (Phi) is 9.38. The van der Waals surface area contributed by atoms with Crippen LogP contribution >= 0.6 is 0 Å². The van der Waals surface area contributed by atoms with Gasteiger partial charge < -0.3 is 19.7 Å². The van der Waals surface area contributed by atoms with E-state index in [0.29, 0.717) is 24.1 Å². The third kappa shape index (κ3) is 6.33. The maximum Gasteiger partial charge on any atom is 0.243 e. The molecule has 0 spiro atoms. The molecule has 1 aromatic carbocycles. The molecular formula is C21H35N3O5S. The second-order valence-corrected chi connectivity index (χ2v) is 9.62. The number of benzene rings is 1. The highest BCUT2D eigenvalue weighted by molar-refractivity contribution is 7.89. The van der Waals surface area contributed by atoms with E-state index in [9.17, 15) is 13.2 Å². The monoisotopic (exact) mass is 441 g/mol.